The Kier molecular flexibility index (Phi) is 5.13. The molecule has 0 aliphatic rings. The third-order valence-electron chi connectivity index (χ3n) is 3.72. The summed E-state index contributed by atoms with van der Waals surface area (Å²) in [4.78, 5) is 28.6. The van der Waals surface area contributed by atoms with E-state index in [4.69, 9.17) is 0 Å². The number of thiophene rings is 1. The average Bonchev–Trinajstić information content (AvgIpc) is 3.22. The van der Waals surface area contributed by atoms with Gasteiger partial charge in [0, 0.05) is 26.4 Å². The highest BCUT2D eigenvalue weighted by Crippen LogP contribution is 2.25. The molecule has 2 heterocycles. The predicted molar refractivity (Wildman–Crippen MR) is 97.5 cm³/mol. The van der Waals surface area contributed by atoms with Crippen molar-refractivity contribution in [3.8, 4) is 0 Å². The number of amides is 2. The number of hydrogen-bond donors (Lipinski definition) is 2. The van der Waals surface area contributed by atoms with Crippen LogP contribution in [-0.2, 0) is 11.8 Å². The van der Waals surface area contributed by atoms with Crippen LogP contribution in [-0.4, -0.2) is 21.4 Å². The van der Waals surface area contributed by atoms with Crippen molar-refractivity contribution in [2.75, 3.05) is 5.32 Å². The van der Waals surface area contributed by atoms with Crippen molar-refractivity contribution in [2.24, 2.45) is 7.05 Å². The minimum Gasteiger partial charge on any atom is -0.337 e. The second-order valence-electron chi connectivity index (χ2n) is 5.70. The average molecular weight is 372 g/mol. The van der Waals surface area contributed by atoms with Crippen molar-refractivity contribution in [1.29, 1.82) is 0 Å². The van der Waals surface area contributed by atoms with Gasteiger partial charge in [-0.05, 0) is 29.8 Å². The van der Waals surface area contributed by atoms with Gasteiger partial charge < -0.3 is 15.2 Å². The second kappa shape index (κ2) is 7.49. The molecule has 0 aliphatic carbocycles. The zero-order valence-electron chi connectivity index (χ0n) is 14.2. The molecular weight excluding hydrogens is 355 g/mol. The lowest BCUT2D eigenvalue weighted by molar-refractivity contribution is -0.114. The fourth-order valence-electron chi connectivity index (χ4n) is 2.51. The maximum absolute atomic E-state index is 13.3. The third-order valence-corrected chi connectivity index (χ3v) is 4.72. The maximum atomic E-state index is 13.3. The molecule has 1 aromatic carbocycles. The molecule has 3 aromatic rings. The Balaban J connectivity index is 1.87. The number of carbonyl (C=O) groups is 2. The summed E-state index contributed by atoms with van der Waals surface area (Å²) in [5, 5.41) is 6.18. The lowest BCUT2D eigenvalue weighted by atomic mass is 10.1. The lowest BCUT2D eigenvalue weighted by Crippen LogP contribution is -2.30. The summed E-state index contributed by atoms with van der Waals surface area (Å²) in [6.07, 6.45) is 3.41. The van der Waals surface area contributed by atoms with Crippen LogP contribution in [0.4, 0.5) is 9.39 Å². The van der Waals surface area contributed by atoms with Gasteiger partial charge in [-0.15, -0.1) is 11.3 Å². The standard InChI is InChI=1S/C18H17FN4O2S/c1-11(24)21-15-8-7-14(26-15)18(25)22-16(17-20-9-10-23(17)2)12-3-5-13(19)6-4-12/h3-10,16H,1-2H3,(H,21,24)(H,22,25)/t16-/m0/s1. The van der Waals surface area contributed by atoms with Gasteiger partial charge in [-0.2, -0.15) is 0 Å². The molecule has 6 nitrogen and oxygen atoms in total. The van der Waals surface area contributed by atoms with E-state index in [1.54, 1.807) is 41.2 Å². The largest absolute Gasteiger partial charge is 0.337 e. The van der Waals surface area contributed by atoms with E-state index in [1.165, 1.54) is 30.4 Å². The van der Waals surface area contributed by atoms with Crippen molar-refractivity contribution in [3.05, 3.63) is 70.9 Å². The number of carbonyl (C=O) groups excluding carboxylic acids is 2. The number of benzene rings is 1. The predicted octanol–water partition coefficient (Wildman–Crippen LogP) is 3.10. The fraction of sp³-hybridized carbons (Fsp3) is 0.167. The summed E-state index contributed by atoms with van der Waals surface area (Å²) in [6, 6.07) is 8.71. The van der Waals surface area contributed by atoms with Crippen LogP contribution < -0.4 is 10.6 Å². The molecule has 2 amide bonds. The number of hydrogen-bond acceptors (Lipinski definition) is 4. The first-order valence-corrected chi connectivity index (χ1v) is 8.66. The highest BCUT2D eigenvalue weighted by atomic mass is 32.1. The van der Waals surface area contributed by atoms with Crippen molar-refractivity contribution >= 4 is 28.2 Å². The van der Waals surface area contributed by atoms with Crippen LogP contribution >= 0.6 is 11.3 Å². The second-order valence-corrected chi connectivity index (χ2v) is 6.78. The Labute approximate surface area is 153 Å². The zero-order chi connectivity index (χ0) is 18.7. The van der Waals surface area contributed by atoms with Gasteiger partial charge in [0.1, 0.15) is 17.7 Å². The maximum Gasteiger partial charge on any atom is 0.262 e. The van der Waals surface area contributed by atoms with Gasteiger partial charge in [0.2, 0.25) is 5.91 Å². The highest BCUT2D eigenvalue weighted by Gasteiger charge is 2.22. The van der Waals surface area contributed by atoms with Crippen LogP contribution in [0, 0.1) is 5.82 Å². The van der Waals surface area contributed by atoms with E-state index in [0.29, 0.717) is 21.3 Å². The SMILES string of the molecule is CC(=O)Nc1ccc(C(=O)N[C@@H](c2ccc(F)cc2)c2nccn2C)s1. The molecule has 0 spiro atoms. The fourth-order valence-corrected chi connectivity index (χ4v) is 3.37. The number of nitrogens with one attached hydrogen (secondary N) is 2. The molecule has 0 fully saturated rings. The molecule has 0 saturated carbocycles. The highest BCUT2D eigenvalue weighted by molar-refractivity contribution is 7.18. The van der Waals surface area contributed by atoms with E-state index in [0.717, 1.165) is 0 Å². The van der Waals surface area contributed by atoms with Gasteiger partial charge in [-0.1, -0.05) is 12.1 Å². The first-order valence-electron chi connectivity index (χ1n) is 7.85. The van der Waals surface area contributed by atoms with E-state index >= 15 is 0 Å². The quantitative estimate of drug-likeness (QED) is 0.723. The molecule has 2 N–H and O–H groups in total. The van der Waals surface area contributed by atoms with E-state index in [-0.39, 0.29) is 17.6 Å². The molecule has 8 heteroatoms. The summed E-state index contributed by atoms with van der Waals surface area (Å²) in [5.74, 6) is -0.222. The van der Waals surface area contributed by atoms with E-state index in [2.05, 4.69) is 15.6 Å². The number of aryl methyl sites for hydroxylation is 1. The summed E-state index contributed by atoms with van der Waals surface area (Å²) in [6.45, 7) is 1.41. The van der Waals surface area contributed by atoms with Crippen LogP contribution in [0.5, 0.6) is 0 Å². The minimum absolute atomic E-state index is 0.198. The molecule has 0 bridgehead atoms. The van der Waals surface area contributed by atoms with Crippen molar-refractivity contribution in [3.63, 3.8) is 0 Å². The topological polar surface area (TPSA) is 76.0 Å². The number of rotatable bonds is 5. The molecule has 0 unspecified atom stereocenters. The monoisotopic (exact) mass is 372 g/mol. The van der Waals surface area contributed by atoms with Crippen LogP contribution in [0.2, 0.25) is 0 Å². The van der Waals surface area contributed by atoms with Crippen LogP contribution in [0.25, 0.3) is 0 Å². The molecule has 0 saturated heterocycles. The summed E-state index contributed by atoms with van der Waals surface area (Å²) >= 11 is 1.18. The summed E-state index contributed by atoms with van der Waals surface area (Å²) in [5.41, 5.74) is 0.715. The number of anilines is 1. The Hall–Kier alpha value is -3.00. The van der Waals surface area contributed by atoms with Crippen molar-refractivity contribution < 1.29 is 14.0 Å². The smallest absolute Gasteiger partial charge is 0.262 e. The molecule has 134 valence electrons. The first-order chi connectivity index (χ1) is 12.4. The molecule has 3 rings (SSSR count). The van der Waals surface area contributed by atoms with Gasteiger partial charge in [0.05, 0.1) is 9.88 Å². The Bertz CT molecular complexity index is 933. The third kappa shape index (κ3) is 3.97. The Morgan fingerprint density at radius 2 is 1.92 bits per heavy atom. The Morgan fingerprint density at radius 1 is 1.19 bits per heavy atom. The molecule has 2 aromatic heterocycles. The number of nitrogens with zero attached hydrogens (tertiary/aromatic N) is 2. The number of aromatic nitrogens is 2. The van der Waals surface area contributed by atoms with Gasteiger partial charge >= 0.3 is 0 Å². The normalized spacial score (nSPS) is 11.8. The van der Waals surface area contributed by atoms with Gasteiger partial charge in [-0.3, -0.25) is 9.59 Å². The van der Waals surface area contributed by atoms with Crippen molar-refractivity contribution in [2.45, 2.75) is 13.0 Å². The van der Waals surface area contributed by atoms with Gasteiger partial charge in [-0.25, -0.2) is 9.37 Å². The van der Waals surface area contributed by atoms with Crippen LogP contribution in [0.1, 0.15) is 34.0 Å². The minimum atomic E-state index is -0.533. The van der Waals surface area contributed by atoms with E-state index in [1.807, 2.05) is 7.05 Å². The van der Waals surface area contributed by atoms with E-state index < -0.39 is 6.04 Å². The van der Waals surface area contributed by atoms with Gasteiger partial charge in [0.25, 0.3) is 5.91 Å². The van der Waals surface area contributed by atoms with Crippen LogP contribution in [0.3, 0.4) is 0 Å². The zero-order valence-corrected chi connectivity index (χ0v) is 15.0. The van der Waals surface area contributed by atoms with Crippen LogP contribution in [0.15, 0.2) is 48.8 Å². The molecule has 0 radical (unpaired) electrons. The molecule has 26 heavy (non-hydrogen) atoms. The Morgan fingerprint density at radius 3 is 2.54 bits per heavy atom. The van der Waals surface area contributed by atoms with Crippen molar-refractivity contribution in [1.82, 2.24) is 14.9 Å². The molecule has 0 aliphatic heterocycles. The number of halogens is 1. The first kappa shape index (κ1) is 17.8. The summed E-state index contributed by atoms with van der Waals surface area (Å²) < 4.78 is 15.1. The number of imidazole rings is 1. The van der Waals surface area contributed by atoms with Gasteiger partial charge in [0.15, 0.2) is 0 Å². The lowest BCUT2D eigenvalue weighted by Gasteiger charge is -2.18. The van der Waals surface area contributed by atoms with E-state index in [9.17, 15) is 14.0 Å². The molecular formula is C18H17FN4O2S. The summed E-state index contributed by atoms with van der Waals surface area (Å²) in [7, 11) is 1.82. The molecule has 1 atom stereocenters.